The Kier molecular flexibility index (Phi) is 2.30. The molecule has 0 bridgehead atoms. The molecule has 1 aliphatic carbocycles. The van der Waals surface area contributed by atoms with E-state index in [1.807, 2.05) is 0 Å². The fourth-order valence-electron chi connectivity index (χ4n) is 1.42. The summed E-state index contributed by atoms with van der Waals surface area (Å²) in [5, 5.41) is 0. The standard InChI is InChI=1S/C10H5F4N/c11-7-6(5-3-1-2-4-5)8(12)10(14)15-9(7)13/h1-5H. The third kappa shape index (κ3) is 1.54. The molecule has 0 saturated heterocycles. The van der Waals surface area contributed by atoms with Crippen LogP contribution in [0.15, 0.2) is 24.3 Å². The Labute approximate surface area is 82.8 Å². The van der Waals surface area contributed by atoms with E-state index in [2.05, 4.69) is 4.98 Å². The summed E-state index contributed by atoms with van der Waals surface area (Å²) in [6, 6.07) is 0. The summed E-state index contributed by atoms with van der Waals surface area (Å²) in [6.45, 7) is 0. The van der Waals surface area contributed by atoms with Gasteiger partial charge in [-0.05, 0) is 0 Å². The molecule has 78 valence electrons. The van der Waals surface area contributed by atoms with Crippen LogP contribution in [0.2, 0.25) is 0 Å². The summed E-state index contributed by atoms with van der Waals surface area (Å²) >= 11 is 0. The van der Waals surface area contributed by atoms with E-state index in [1.54, 1.807) is 12.2 Å². The highest BCUT2D eigenvalue weighted by Gasteiger charge is 2.25. The molecule has 0 N–H and O–H groups in total. The number of aromatic nitrogens is 1. The number of hydrogen-bond donors (Lipinski definition) is 0. The number of allylic oxidation sites excluding steroid dienone is 4. The number of nitrogens with zero attached hydrogens (tertiary/aromatic N) is 1. The Morgan fingerprint density at radius 3 is 1.80 bits per heavy atom. The van der Waals surface area contributed by atoms with Gasteiger partial charge in [-0.3, -0.25) is 0 Å². The second-order valence-corrected chi connectivity index (χ2v) is 3.03. The lowest BCUT2D eigenvalue weighted by Crippen LogP contribution is -2.08. The van der Waals surface area contributed by atoms with Crippen molar-refractivity contribution in [1.29, 1.82) is 0 Å². The minimum absolute atomic E-state index is 0.648. The molecule has 0 radical (unpaired) electrons. The molecule has 0 saturated carbocycles. The number of pyridine rings is 1. The fourth-order valence-corrected chi connectivity index (χ4v) is 1.42. The first-order valence-corrected chi connectivity index (χ1v) is 4.16. The van der Waals surface area contributed by atoms with Crippen molar-refractivity contribution < 1.29 is 17.6 Å². The van der Waals surface area contributed by atoms with Gasteiger partial charge in [0.15, 0.2) is 11.6 Å². The SMILES string of the molecule is Fc1nc(F)c(F)c(C2C=CC=C2)c1F. The van der Waals surface area contributed by atoms with E-state index in [4.69, 9.17) is 0 Å². The van der Waals surface area contributed by atoms with Crippen molar-refractivity contribution in [2.45, 2.75) is 5.92 Å². The maximum absolute atomic E-state index is 13.2. The van der Waals surface area contributed by atoms with Gasteiger partial charge in [0.2, 0.25) is 0 Å². The lowest BCUT2D eigenvalue weighted by Gasteiger charge is -2.09. The van der Waals surface area contributed by atoms with Crippen LogP contribution in [0.3, 0.4) is 0 Å². The third-order valence-electron chi connectivity index (χ3n) is 2.11. The van der Waals surface area contributed by atoms with Crippen molar-refractivity contribution in [3.63, 3.8) is 0 Å². The van der Waals surface area contributed by atoms with Crippen molar-refractivity contribution in [3.8, 4) is 0 Å². The molecule has 0 aromatic carbocycles. The molecule has 1 nitrogen and oxygen atoms in total. The van der Waals surface area contributed by atoms with Crippen LogP contribution < -0.4 is 0 Å². The molecule has 1 aliphatic rings. The third-order valence-corrected chi connectivity index (χ3v) is 2.11. The lowest BCUT2D eigenvalue weighted by atomic mass is 10.0. The van der Waals surface area contributed by atoms with Crippen molar-refractivity contribution in [2.75, 3.05) is 0 Å². The van der Waals surface area contributed by atoms with E-state index in [0.29, 0.717) is 0 Å². The minimum Gasteiger partial charge on any atom is -0.201 e. The highest BCUT2D eigenvalue weighted by Crippen LogP contribution is 2.29. The largest absolute Gasteiger partial charge is 0.252 e. The molecule has 1 aromatic heterocycles. The van der Waals surface area contributed by atoms with Gasteiger partial charge >= 0.3 is 0 Å². The van der Waals surface area contributed by atoms with E-state index in [1.165, 1.54) is 12.2 Å². The van der Waals surface area contributed by atoms with Gasteiger partial charge in [0.25, 0.3) is 11.9 Å². The van der Waals surface area contributed by atoms with Crippen LogP contribution in [0.25, 0.3) is 0 Å². The summed E-state index contributed by atoms with van der Waals surface area (Å²) in [5.74, 6) is -6.93. The van der Waals surface area contributed by atoms with Crippen LogP contribution in [0.5, 0.6) is 0 Å². The van der Waals surface area contributed by atoms with Crippen LogP contribution in [0, 0.1) is 23.5 Å². The first kappa shape index (κ1) is 9.89. The van der Waals surface area contributed by atoms with Gasteiger partial charge in [0, 0.05) is 11.5 Å². The van der Waals surface area contributed by atoms with E-state index in [0.717, 1.165) is 0 Å². The zero-order valence-corrected chi connectivity index (χ0v) is 7.35. The molecule has 0 fully saturated rings. The van der Waals surface area contributed by atoms with Gasteiger partial charge in [-0.25, -0.2) is 8.78 Å². The van der Waals surface area contributed by atoms with E-state index >= 15 is 0 Å². The van der Waals surface area contributed by atoms with E-state index in [-0.39, 0.29) is 0 Å². The smallest absolute Gasteiger partial charge is 0.201 e. The van der Waals surface area contributed by atoms with Crippen molar-refractivity contribution in [2.24, 2.45) is 0 Å². The minimum atomic E-state index is -1.63. The predicted octanol–water partition coefficient (Wildman–Crippen LogP) is 2.85. The summed E-state index contributed by atoms with van der Waals surface area (Å²) in [5.41, 5.74) is -0.648. The molecule has 0 unspecified atom stereocenters. The summed E-state index contributed by atoms with van der Waals surface area (Å²) in [6.07, 6.45) is 5.94. The molecule has 1 aromatic rings. The zero-order valence-electron chi connectivity index (χ0n) is 7.35. The molecule has 0 atom stereocenters. The average molecular weight is 215 g/mol. The molecular formula is C10H5F4N. The van der Waals surface area contributed by atoms with Gasteiger partial charge < -0.3 is 0 Å². The highest BCUT2D eigenvalue weighted by molar-refractivity contribution is 5.35. The predicted molar refractivity (Wildman–Crippen MR) is 45.1 cm³/mol. The molecule has 1 heterocycles. The van der Waals surface area contributed by atoms with Crippen molar-refractivity contribution >= 4 is 0 Å². The Morgan fingerprint density at radius 2 is 1.33 bits per heavy atom. The van der Waals surface area contributed by atoms with Crippen LogP contribution in [0.1, 0.15) is 11.5 Å². The number of halogens is 4. The quantitative estimate of drug-likeness (QED) is 0.518. The maximum Gasteiger partial charge on any atom is 0.252 e. The van der Waals surface area contributed by atoms with Gasteiger partial charge in [-0.15, -0.1) is 0 Å². The van der Waals surface area contributed by atoms with Crippen molar-refractivity contribution in [3.05, 3.63) is 53.4 Å². The summed E-state index contributed by atoms with van der Waals surface area (Å²) in [7, 11) is 0. The van der Waals surface area contributed by atoms with Crippen LogP contribution in [0.4, 0.5) is 17.6 Å². The Bertz CT molecular complexity index is 427. The Balaban J connectivity index is 2.63. The Hall–Kier alpha value is -1.65. The highest BCUT2D eigenvalue weighted by atomic mass is 19.2. The van der Waals surface area contributed by atoms with Crippen LogP contribution in [-0.4, -0.2) is 4.98 Å². The molecule has 15 heavy (non-hydrogen) atoms. The molecular weight excluding hydrogens is 210 g/mol. The molecule has 0 amide bonds. The molecule has 5 heteroatoms. The van der Waals surface area contributed by atoms with Gasteiger partial charge in [0.1, 0.15) is 0 Å². The zero-order chi connectivity index (χ0) is 11.0. The van der Waals surface area contributed by atoms with E-state index in [9.17, 15) is 17.6 Å². The first-order chi connectivity index (χ1) is 7.11. The lowest BCUT2D eigenvalue weighted by molar-refractivity contribution is 0.395. The summed E-state index contributed by atoms with van der Waals surface area (Å²) < 4.78 is 51.8. The molecule has 2 rings (SSSR count). The van der Waals surface area contributed by atoms with Crippen LogP contribution >= 0.6 is 0 Å². The maximum atomic E-state index is 13.2. The monoisotopic (exact) mass is 215 g/mol. The normalized spacial score (nSPS) is 15.2. The van der Waals surface area contributed by atoms with Crippen molar-refractivity contribution in [1.82, 2.24) is 4.98 Å². The summed E-state index contributed by atoms with van der Waals surface area (Å²) in [4.78, 5) is 2.47. The number of hydrogen-bond acceptors (Lipinski definition) is 1. The van der Waals surface area contributed by atoms with E-state index < -0.39 is 35.0 Å². The topological polar surface area (TPSA) is 12.9 Å². The second kappa shape index (κ2) is 3.49. The van der Waals surface area contributed by atoms with Gasteiger partial charge in [-0.2, -0.15) is 13.8 Å². The number of rotatable bonds is 1. The second-order valence-electron chi connectivity index (χ2n) is 3.03. The van der Waals surface area contributed by atoms with Gasteiger partial charge in [-0.1, -0.05) is 24.3 Å². The van der Waals surface area contributed by atoms with Crippen LogP contribution in [-0.2, 0) is 0 Å². The molecule has 0 aliphatic heterocycles. The van der Waals surface area contributed by atoms with Gasteiger partial charge in [0.05, 0.1) is 0 Å². The average Bonchev–Trinajstić information content (AvgIpc) is 2.69. The fraction of sp³-hybridized carbons (Fsp3) is 0.100. The first-order valence-electron chi connectivity index (χ1n) is 4.16. The Morgan fingerprint density at radius 1 is 0.867 bits per heavy atom. The molecule has 0 spiro atoms.